The summed E-state index contributed by atoms with van der Waals surface area (Å²) in [5, 5.41) is 9.25. The number of aliphatic imine (C=N–C) groups is 1. The Hall–Kier alpha value is -1.35. The van der Waals surface area contributed by atoms with Gasteiger partial charge in [-0.2, -0.15) is 0 Å². The van der Waals surface area contributed by atoms with Crippen LogP contribution < -0.4 is 16.0 Å². The number of nitrogens with zero attached hydrogens (tertiary/aromatic N) is 2. The number of nitrogens with one attached hydrogen (secondary N) is 3. The van der Waals surface area contributed by atoms with Crippen LogP contribution in [0, 0.1) is 0 Å². The molecule has 162 valence electrons. The van der Waals surface area contributed by atoms with Gasteiger partial charge >= 0.3 is 0 Å². The molecule has 3 N–H and O–H groups in total. The lowest BCUT2D eigenvalue weighted by molar-refractivity contribution is -0.121. The Balaban J connectivity index is 1.76. The first-order chi connectivity index (χ1) is 13.2. The minimum atomic E-state index is -2.98. The SMILES string of the molecule is CCNC(=NCC(C)(C)N1CCCCC1)NCCC(=O)NC1CCS(=O)(=O)C1. The number of guanidine groups is 1. The highest BCUT2D eigenvalue weighted by molar-refractivity contribution is 7.91. The Kier molecular flexibility index (Phi) is 8.55. The molecule has 0 aromatic heterocycles. The van der Waals surface area contributed by atoms with Crippen molar-refractivity contribution in [3.8, 4) is 0 Å². The van der Waals surface area contributed by atoms with Crippen LogP contribution in [0.4, 0.5) is 0 Å². The maximum Gasteiger partial charge on any atom is 0.222 e. The van der Waals surface area contributed by atoms with Crippen molar-refractivity contribution in [3.63, 3.8) is 0 Å². The third-order valence-electron chi connectivity index (χ3n) is 5.42. The van der Waals surface area contributed by atoms with Gasteiger partial charge < -0.3 is 16.0 Å². The van der Waals surface area contributed by atoms with Gasteiger partial charge in [0.05, 0.1) is 18.1 Å². The molecule has 2 aliphatic heterocycles. The van der Waals surface area contributed by atoms with Crippen LogP contribution in [-0.4, -0.2) is 81.0 Å². The molecular formula is C19H37N5O3S. The van der Waals surface area contributed by atoms with Crippen LogP contribution in [-0.2, 0) is 14.6 Å². The van der Waals surface area contributed by atoms with Crippen LogP contribution in [0.2, 0.25) is 0 Å². The first-order valence-corrected chi connectivity index (χ1v) is 12.3. The normalized spacial score (nSPS) is 23.4. The number of amides is 1. The van der Waals surface area contributed by atoms with Crippen molar-refractivity contribution < 1.29 is 13.2 Å². The molecule has 1 amide bonds. The smallest absolute Gasteiger partial charge is 0.222 e. The summed E-state index contributed by atoms with van der Waals surface area (Å²) in [6.45, 7) is 10.6. The van der Waals surface area contributed by atoms with Gasteiger partial charge in [0.25, 0.3) is 0 Å². The van der Waals surface area contributed by atoms with E-state index in [0.717, 1.165) is 19.6 Å². The largest absolute Gasteiger partial charge is 0.357 e. The number of likely N-dealkylation sites (tertiary alicyclic amines) is 1. The van der Waals surface area contributed by atoms with Gasteiger partial charge in [-0.3, -0.25) is 14.7 Å². The number of rotatable bonds is 8. The quantitative estimate of drug-likeness (QED) is 0.394. The Labute approximate surface area is 169 Å². The van der Waals surface area contributed by atoms with Gasteiger partial charge in [0, 0.05) is 31.1 Å². The number of carbonyl (C=O) groups is 1. The van der Waals surface area contributed by atoms with E-state index in [9.17, 15) is 13.2 Å². The van der Waals surface area contributed by atoms with Crippen LogP contribution in [0.5, 0.6) is 0 Å². The number of piperidine rings is 1. The third kappa shape index (κ3) is 7.58. The van der Waals surface area contributed by atoms with Crippen molar-refractivity contribution in [2.75, 3.05) is 44.2 Å². The highest BCUT2D eigenvalue weighted by Gasteiger charge is 2.29. The molecule has 2 saturated heterocycles. The fourth-order valence-electron chi connectivity index (χ4n) is 3.72. The summed E-state index contributed by atoms with van der Waals surface area (Å²) >= 11 is 0. The van der Waals surface area contributed by atoms with Crippen molar-refractivity contribution in [3.05, 3.63) is 0 Å². The van der Waals surface area contributed by atoms with E-state index in [2.05, 4.69) is 34.7 Å². The van der Waals surface area contributed by atoms with Crippen molar-refractivity contribution >= 4 is 21.7 Å². The van der Waals surface area contributed by atoms with E-state index in [1.807, 2.05) is 6.92 Å². The lowest BCUT2D eigenvalue weighted by Crippen LogP contribution is -2.49. The van der Waals surface area contributed by atoms with E-state index in [1.54, 1.807) is 0 Å². The molecule has 28 heavy (non-hydrogen) atoms. The summed E-state index contributed by atoms with van der Waals surface area (Å²) < 4.78 is 22.9. The Morgan fingerprint density at radius 2 is 1.89 bits per heavy atom. The lowest BCUT2D eigenvalue weighted by atomic mass is 9.99. The molecule has 0 aliphatic carbocycles. The highest BCUT2D eigenvalue weighted by Crippen LogP contribution is 2.20. The highest BCUT2D eigenvalue weighted by atomic mass is 32.2. The second kappa shape index (κ2) is 10.4. The Morgan fingerprint density at radius 3 is 2.50 bits per heavy atom. The molecule has 0 aromatic rings. The molecule has 0 bridgehead atoms. The Morgan fingerprint density at radius 1 is 1.18 bits per heavy atom. The second-order valence-corrected chi connectivity index (χ2v) is 10.6. The zero-order valence-corrected chi connectivity index (χ0v) is 18.4. The first kappa shape index (κ1) is 22.9. The molecule has 1 unspecified atom stereocenters. The average Bonchev–Trinajstić information content (AvgIpc) is 2.98. The fourth-order valence-corrected chi connectivity index (χ4v) is 5.39. The summed E-state index contributed by atoms with van der Waals surface area (Å²) in [5.74, 6) is 0.810. The number of sulfone groups is 1. The molecule has 8 nitrogen and oxygen atoms in total. The zero-order chi connectivity index (χ0) is 20.6. The molecule has 1 atom stereocenters. The van der Waals surface area contributed by atoms with Gasteiger partial charge in [0.1, 0.15) is 0 Å². The minimum absolute atomic E-state index is 0.00805. The minimum Gasteiger partial charge on any atom is -0.357 e. The monoisotopic (exact) mass is 415 g/mol. The summed E-state index contributed by atoms with van der Waals surface area (Å²) in [7, 11) is -2.98. The molecule has 9 heteroatoms. The fraction of sp³-hybridized carbons (Fsp3) is 0.895. The van der Waals surface area contributed by atoms with Crippen LogP contribution in [0.15, 0.2) is 4.99 Å². The second-order valence-electron chi connectivity index (χ2n) is 8.40. The summed E-state index contributed by atoms with van der Waals surface area (Å²) in [6, 6.07) is -0.246. The number of hydrogen-bond donors (Lipinski definition) is 3. The number of carbonyl (C=O) groups excluding carboxylic acids is 1. The van der Waals surface area contributed by atoms with E-state index in [-0.39, 0.29) is 35.4 Å². The van der Waals surface area contributed by atoms with Crippen LogP contribution in [0.25, 0.3) is 0 Å². The molecule has 0 radical (unpaired) electrons. The molecule has 2 rings (SSSR count). The molecule has 0 saturated carbocycles. The maximum atomic E-state index is 12.1. The van der Waals surface area contributed by atoms with E-state index < -0.39 is 9.84 Å². The topological polar surface area (TPSA) is 103 Å². The van der Waals surface area contributed by atoms with Crippen LogP contribution >= 0.6 is 0 Å². The van der Waals surface area contributed by atoms with Crippen LogP contribution in [0.1, 0.15) is 52.9 Å². The first-order valence-electron chi connectivity index (χ1n) is 10.5. The average molecular weight is 416 g/mol. The molecule has 2 aliphatic rings. The molecular weight excluding hydrogens is 378 g/mol. The third-order valence-corrected chi connectivity index (χ3v) is 7.19. The van der Waals surface area contributed by atoms with Gasteiger partial charge in [-0.05, 0) is 53.1 Å². The molecule has 2 heterocycles. The van der Waals surface area contributed by atoms with Gasteiger partial charge in [0.2, 0.25) is 5.91 Å². The summed E-state index contributed by atoms with van der Waals surface area (Å²) in [5.41, 5.74) is 0.00805. The van der Waals surface area contributed by atoms with E-state index in [1.165, 1.54) is 19.3 Å². The summed E-state index contributed by atoms with van der Waals surface area (Å²) in [4.78, 5) is 19.3. The van der Waals surface area contributed by atoms with Gasteiger partial charge in [-0.25, -0.2) is 8.42 Å². The zero-order valence-electron chi connectivity index (χ0n) is 17.6. The van der Waals surface area contributed by atoms with Gasteiger partial charge in [-0.1, -0.05) is 6.42 Å². The van der Waals surface area contributed by atoms with E-state index >= 15 is 0 Å². The lowest BCUT2D eigenvalue weighted by Gasteiger charge is -2.40. The van der Waals surface area contributed by atoms with E-state index in [4.69, 9.17) is 4.99 Å². The molecule has 2 fully saturated rings. The molecule has 0 spiro atoms. The van der Waals surface area contributed by atoms with Crippen molar-refractivity contribution in [2.45, 2.75) is 64.5 Å². The Bertz CT molecular complexity index is 642. The molecule has 0 aromatic carbocycles. The summed E-state index contributed by atoms with van der Waals surface area (Å²) in [6.07, 6.45) is 4.62. The van der Waals surface area contributed by atoms with Crippen molar-refractivity contribution in [2.24, 2.45) is 4.99 Å². The number of hydrogen-bond acceptors (Lipinski definition) is 5. The van der Waals surface area contributed by atoms with Crippen molar-refractivity contribution in [1.29, 1.82) is 0 Å². The predicted molar refractivity (Wildman–Crippen MR) is 113 cm³/mol. The predicted octanol–water partition coefficient (Wildman–Crippen LogP) is 0.499. The maximum absolute atomic E-state index is 12.1. The van der Waals surface area contributed by atoms with Gasteiger partial charge in [0.15, 0.2) is 15.8 Å². The van der Waals surface area contributed by atoms with Crippen molar-refractivity contribution in [1.82, 2.24) is 20.9 Å². The van der Waals surface area contributed by atoms with Crippen LogP contribution in [0.3, 0.4) is 0 Å². The standard InChI is InChI=1S/C19H37N5O3S/c1-4-20-18(22-15-19(2,3)24-11-6-5-7-12-24)21-10-8-17(25)23-16-9-13-28(26,27)14-16/h16H,4-15H2,1-3H3,(H,23,25)(H2,20,21,22). The van der Waals surface area contributed by atoms with Gasteiger partial charge in [-0.15, -0.1) is 0 Å². The van der Waals surface area contributed by atoms with E-state index in [0.29, 0.717) is 25.5 Å².